The van der Waals surface area contributed by atoms with E-state index in [1.807, 2.05) is 25.3 Å². The van der Waals surface area contributed by atoms with Gasteiger partial charge < -0.3 is 10.1 Å². The van der Waals surface area contributed by atoms with Gasteiger partial charge in [0.2, 0.25) is 5.88 Å². The van der Waals surface area contributed by atoms with Crippen LogP contribution in [0.1, 0.15) is 17.7 Å². The van der Waals surface area contributed by atoms with Crippen LogP contribution in [0.25, 0.3) is 0 Å². The number of aromatic amines is 1. The van der Waals surface area contributed by atoms with Crippen LogP contribution >= 0.6 is 0 Å². The topological polar surface area (TPSA) is 62.8 Å². The monoisotopic (exact) mass is 246 g/mol. The summed E-state index contributed by atoms with van der Waals surface area (Å²) in [7, 11) is 1.62. The fraction of sp³-hybridized carbons (Fsp3) is 0.385. The summed E-state index contributed by atoms with van der Waals surface area (Å²) >= 11 is 0. The average molecular weight is 246 g/mol. The number of aryl methyl sites for hydroxylation is 2. The molecule has 0 unspecified atom stereocenters. The fourth-order valence-electron chi connectivity index (χ4n) is 1.77. The standard InChI is InChI=1S/C13H18N4O/c1-10-11(9-16-17-10)4-3-6-14-12-5-7-15-13(8-12)18-2/h5,7-9H,3-4,6H2,1-2H3,(H,14,15)(H,16,17). The van der Waals surface area contributed by atoms with Gasteiger partial charge in [0.05, 0.1) is 13.3 Å². The van der Waals surface area contributed by atoms with Crippen molar-refractivity contribution in [1.29, 1.82) is 0 Å². The highest BCUT2D eigenvalue weighted by Crippen LogP contribution is 2.13. The Balaban J connectivity index is 1.76. The van der Waals surface area contributed by atoms with Gasteiger partial charge in [0, 0.05) is 30.2 Å². The Morgan fingerprint density at radius 3 is 3.06 bits per heavy atom. The summed E-state index contributed by atoms with van der Waals surface area (Å²) in [5.74, 6) is 0.630. The molecule has 2 heterocycles. The molecule has 0 atom stereocenters. The summed E-state index contributed by atoms with van der Waals surface area (Å²) in [6.45, 7) is 2.96. The van der Waals surface area contributed by atoms with Gasteiger partial charge in [-0.25, -0.2) is 4.98 Å². The number of nitrogens with one attached hydrogen (secondary N) is 2. The molecule has 0 aromatic carbocycles. The molecule has 0 saturated carbocycles. The lowest BCUT2D eigenvalue weighted by Crippen LogP contribution is -2.03. The van der Waals surface area contributed by atoms with Gasteiger partial charge in [0.1, 0.15) is 0 Å². The van der Waals surface area contributed by atoms with Crippen LogP contribution in [0.4, 0.5) is 5.69 Å². The van der Waals surface area contributed by atoms with E-state index < -0.39 is 0 Å². The largest absolute Gasteiger partial charge is 0.481 e. The lowest BCUT2D eigenvalue weighted by molar-refractivity contribution is 0.398. The van der Waals surface area contributed by atoms with E-state index in [9.17, 15) is 0 Å². The Kier molecular flexibility index (Phi) is 4.17. The number of hydrogen-bond donors (Lipinski definition) is 2. The van der Waals surface area contributed by atoms with Crippen LogP contribution in [-0.4, -0.2) is 28.8 Å². The highest BCUT2D eigenvalue weighted by molar-refractivity contribution is 5.44. The molecule has 0 aliphatic heterocycles. The number of methoxy groups -OCH3 is 1. The first-order valence-electron chi connectivity index (χ1n) is 6.02. The van der Waals surface area contributed by atoms with Gasteiger partial charge in [-0.05, 0) is 31.4 Å². The van der Waals surface area contributed by atoms with E-state index in [-0.39, 0.29) is 0 Å². The van der Waals surface area contributed by atoms with Gasteiger partial charge >= 0.3 is 0 Å². The Bertz CT molecular complexity index is 495. The molecular formula is C13H18N4O. The lowest BCUT2D eigenvalue weighted by Gasteiger charge is -2.07. The van der Waals surface area contributed by atoms with E-state index >= 15 is 0 Å². The van der Waals surface area contributed by atoms with Crippen LogP contribution in [0, 0.1) is 6.92 Å². The SMILES string of the molecule is COc1cc(NCCCc2cn[nH]c2C)ccn1. The van der Waals surface area contributed by atoms with Crippen molar-refractivity contribution in [3.05, 3.63) is 35.8 Å². The Hall–Kier alpha value is -2.04. The number of aromatic nitrogens is 3. The minimum absolute atomic E-state index is 0.630. The highest BCUT2D eigenvalue weighted by Gasteiger charge is 2.00. The maximum absolute atomic E-state index is 5.07. The van der Waals surface area contributed by atoms with Gasteiger partial charge in [0.15, 0.2) is 0 Å². The van der Waals surface area contributed by atoms with Crippen molar-refractivity contribution in [2.75, 3.05) is 19.0 Å². The van der Waals surface area contributed by atoms with E-state index in [0.717, 1.165) is 30.8 Å². The van der Waals surface area contributed by atoms with Crippen LogP contribution in [0.3, 0.4) is 0 Å². The number of anilines is 1. The van der Waals surface area contributed by atoms with Gasteiger partial charge in [-0.1, -0.05) is 0 Å². The van der Waals surface area contributed by atoms with Crippen molar-refractivity contribution in [2.24, 2.45) is 0 Å². The van der Waals surface area contributed by atoms with Crippen LogP contribution in [-0.2, 0) is 6.42 Å². The average Bonchev–Trinajstić information content (AvgIpc) is 2.81. The molecule has 2 rings (SSSR count). The predicted molar refractivity (Wildman–Crippen MR) is 70.9 cm³/mol. The lowest BCUT2D eigenvalue weighted by atomic mass is 10.1. The zero-order chi connectivity index (χ0) is 12.8. The second-order valence-electron chi connectivity index (χ2n) is 4.14. The van der Waals surface area contributed by atoms with Gasteiger partial charge in [-0.2, -0.15) is 5.10 Å². The van der Waals surface area contributed by atoms with Crippen LogP contribution < -0.4 is 10.1 Å². The molecule has 0 aliphatic rings. The molecule has 5 heteroatoms. The molecule has 0 saturated heterocycles. The molecule has 0 fully saturated rings. The van der Waals surface area contributed by atoms with Crippen LogP contribution in [0.5, 0.6) is 5.88 Å². The summed E-state index contributed by atoms with van der Waals surface area (Å²) in [5, 5.41) is 10.3. The predicted octanol–water partition coefficient (Wildman–Crippen LogP) is 2.17. The Morgan fingerprint density at radius 2 is 2.33 bits per heavy atom. The maximum Gasteiger partial charge on any atom is 0.214 e. The molecule has 2 aromatic heterocycles. The number of rotatable bonds is 6. The van der Waals surface area contributed by atoms with Crippen molar-refractivity contribution < 1.29 is 4.74 Å². The van der Waals surface area contributed by atoms with E-state index in [4.69, 9.17) is 4.74 Å². The van der Waals surface area contributed by atoms with Crippen molar-refractivity contribution in [1.82, 2.24) is 15.2 Å². The van der Waals surface area contributed by atoms with Crippen molar-refractivity contribution in [3.63, 3.8) is 0 Å². The second-order valence-corrected chi connectivity index (χ2v) is 4.14. The van der Waals surface area contributed by atoms with E-state index in [1.165, 1.54) is 5.56 Å². The van der Waals surface area contributed by atoms with E-state index in [0.29, 0.717) is 5.88 Å². The minimum Gasteiger partial charge on any atom is -0.481 e. The van der Waals surface area contributed by atoms with Crippen LogP contribution in [0.15, 0.2) is 24.5 Å². The zero-order valence-corrected chi connectivity index (χ0v) is 10.7. The first-order chi connectivity index (χ1) is 8.79. The third-order valence-corrected chi connectivity index (χ3v) is 2.83. The molecule has 18 heavy (non-hydrogen) atoms. The molecule has 2 N–H and O–H groups in total. The molecule has 0 aliphatic carbocycles. The van der Waals surface area contributed by atoms with E-state index in [1.54, 1.807) is 13.3 Å². The molecule has 0 bridgehead atoms. The number of nitrogens with zero attached hydrogens (tertiary/aromatic N) is 2. The quantitative estimate of drug-likeness (QED) is 0.767. The van der Waals surface area contributed by atoms with Crippen LogP contribution in [0.2, 0.25) is 0 Å². The van der Waals surface area contributed by atoms with Crippen molar-refractivity contribution >= 4 is 5.69 Å². The Morgan fingerprint density at radius 1 is 1.44 bits per heavy atom. The van der Waals surface area contributed by atoms with Gasteiger partial charge in [-0.15, -0.1) is 0 Å². The molecule has 0 spiro atoms. The molecule has 5 nitrogen and oxygen atoms in total. The minimum atomic E-state index is 0.630. The number of ether oxygens (including phenoxy) is 1. The molecule has 96 valence electrons. The summed E-state index contributed by atoms with van der Waals surface area (Å²) in [5.41, 5.74) is 3.47. The third kappa shape index (κ3) is 3.23. The number of pyridine rings is 1. The third-order valence-electron chi connectivity index (χ3n) is 2.83. The molecule has 0 radical (unpaired) electrons. The van der Waals surface area contributed by atoms with Gasteiger partial charge in [-0.3, -0.25) is 5.10 Å². The fourth-order valence-corrected chi connectivity index (χ4v) is 1.77. The summed E-state index contributed by atoms with van der Waals surface area (Å²) < 4.78 is 5.07. The normalized spacial score (nSPS) is 10.3. The molecular weight excluding hydrogens is 228 g/mol. The maximum atomic E-state index is 5.07. The second kappa shape index (κ2) is 6.05. The summed E-state index contributed by atoms with van der Waals surface area (Å²) in [4.78, 5) is 4.06. The molecule has 0 amide bonds. The van der Waals surface area contributed by atoms with Crippen molar-refractivity contribution in [3.8, 4) is 5.88 Å². The van der Waals surface area contributed by atoms with Gasteiger partial charge in [0.25, 0.3) is 0 Å². The summed E-state index contributed by atoms with van der Waals surface area (Å²) in [6, 6.07) is 3.83. The zero-order valence-electron chi connectivity index (χ0n) is 10.7. The highest BCUT2D eigenvalue weighted by atomic mass is 16.5. The van der Waals surface area contributed by atoms with Crippen molar-refractivity contribution in [2.45, 2.75) is 19.8 Å². The number of H-pyrrole nitrogens is 1. The Labute approximate surface area is 107 Å². The smallest absolute Gasteiger partial charge is 0.214 e. The molecule has 2 aromatic rings. The van der Waals surface area contributed by atoms with E-state index in [2.05, 4.69) is 20.5 Å². The summed E-state index contributed by atoms with van der Waals surface area (Å²) in [6.07, 6.45) is 5.72. The first-order valence-corrected chi connectivity index (χ1v) is 6.02. The number of hydrogen-bond acceptors (Lipinski definition) is 4. The first kappa shape index (κ1) is 12.4.